The molecule has 16 heavy (non-hydrogen) atoms. The summed E-state index contributed by atoms with van der Waals surface area (Å²) >= 11 is 0. The standard InChI is InChI=1S/C12H27N3O/c1-5-8-14-11(12(13)16)7-9-15(4)10(3)6-2/h10-11,14H,5-9H2,1-4H3,(H2,13,16). The van der Waals surface area contributed by atoms with Crippen LogP contribution in [0.1, 0.15) is 40.0 Å². The molecule has 0 bridgehead atoms. The zero-order valence-electron chi connectivity index (χ0n) is 11.1. The molecule has 0 heterocycles. The maximum atomic E-state index is 11.2. The van der Waals surface area contributed by atoms with Gasteiger partial charge in [-0.05, 0) is 39.8 Å². The van der Waals surface area contributed by atoms with Crippen molar-refractivity contribution in [2.45, 2.75) is 52.1 Å². The van der Waals surface area contributed by atoms with Crippen LogP contribution in [0.15, 0.2) is 0 Å². The molecule has 4 nitrogen and oxygen atoms in total. The second-order valence-corrected chi connectivity index (χ2v) is 4.44. The van der Waals surface area contributed by atoms with E-state index in [0.29, 0.717) is 6.04 Å². The zero-order valence-corrected chi connectivity index (χ0v) is 11.1. The van der Waals surface area contributed by atoms with Gasteiger partial charge in [0.15, 0.2) is 0 Å². The van der Waals surface area contributed by atoms with Crippen molar-refractivity contribution >= 4 is 5.91 Å². The summed E-state index contributed by atoms with van der Waals surface area (Å²) in [6, 6.07) is 0.367. The number of rotatable bonds is 9. The van der Waals surface area contributed by atoms with Crippen molar-refractivity contribution in [1.29, 1.82) is 0 Å². The first-order valence-corrected chi connectivity index (χ1v) is 6.25. The Hall–Kier alpha value is -0.610. The summed E-state index contributed by atoms with van der Waals surface area (Å²) in [5.74, 6) is -0.244. The summed E-state index contributed by atoms with van der Waals surface area (Å²) in [6.07, 6.45) is 2.93. The van der Waals surface area contributed by atoms with E-state index < -0.39 is 0 Å². The third-order valence-corrected chi connectivity index (χ3v) is 3.10. The summed E-state index contributed by atoms with van der Waals surface area (Å²) in [5, 5.41) is 3.18. The topological polar surface area (TPSA) is 58.4 Å². The Bertz CT molecular complexity index is 197. The van der Waals surface area contributed by atoms with Crippen molar-refractivity contribution < 1.29 is 4.79 Å². The minimum atomic E-state index is -0.244. The molecule has 96 valence electrons. The molecule has 0 aromatic carbocycles. The Morgan fingerprint density at radius 2 is 2.06 bits per heavy atom. The summed E-state index contributed by atoms with van der Waals surface area (Å²) in [7, 11) is 2.09. The van der Waals surface area contributed by atoms with Crippen molar-refractivity contribution in [2.75, 3.05) is 20.1 Å². The van der Waals surface area contributed by atoms with Crippen LogP contribution < -0.4 is 11.1 Å². The van der Waals surface area contributed by atoms with Crippen molar-refractivity contribution in [3.8, 4) is 0 Å². The number of carbonyl (C=O) groups is 1. The molecule has 0 aromatic rings. The molecule has 1 amide bonds. The van der Waals surface area contributed by atoms with Crippen molar-refractivity contribution in [3.63, 3.8) is 0 Å². The van der Waals surface area contributed by atoms with Gasteiger partial charge in [-0.3, -0.25) is 4.79 Å². The Morgan fingerprint density at radius 3 is 2.50 bits per heavy atom. The molecule has 0 saturated heterocycles. The second-order valence-electron chi connectivity index (χ2n) is 4.44. The SMILES string of the molecule is CCCNC(CCN(C)C(C)CC)C(N)=O. The number of nitrogens with one attached hydrogen (secondary N) is 1. The van der Waals surface area contributed by atoms with Crippen LogP contribution in [0.3, 0.4) is 0 Å². The van der Waals surface area contributed by atoms with Gasteiger partial charge in [0.1, 0.15) is 0 Å². The van der Waals surface area contributed by atoms with Crippen molar-refractivity contribution in [3.05, 3.63) is 0 Å². The number of nitrogens with two attached hydrogens (primary N) is 1. The van der Waals surface area contributed by atoms with Gasteiger partial charge in [0, 0.05) is 12.6 Å². The molecule has 2 unspecified atom stereocenters. The van der Waals surface area contributed by atoms with E-state index in [1.807, 2.05) is 0 Å². The van der Waals surface area contributed by atoms with E-state index in [1.165, 1.54) is 0 Å². The quantitative estimate of drug-likeness (QED) is 0.619. The summed E-state index contributed by atoms with van der Waals surface area (Å²) in [5.41, 5.74) is 5.35. The lowest BCUT2D eigenvalue weighted by atomic mass is 10.1. The largest absolute Gasteiger partial charge is 0.368 e. The van der Waals surface area contributed by atoms with Gasteiger partial charge in [-0.25, -0.2) is 0 Å². The van der Waals surface area contributed by atoms with Gasteiger partial charge in [0.25, 0.3) is 0 Å². The van der Waals surface area contributed by atoms with E-state index in [-0.39, 0.29) is 11.9 Å². The first kappa shape index (κ1) is 15.4. The Kier molecular flexibility index (Phi) is 8.21. The summed E-state index contributed by atoms with van der Waals surface area (Å²) in [6.45, 7) is 8.19. The lowest BCUT2D eigenvalue weighted by Crippen LogP contribution is -2.44. The van der Waals surface area contributed by atoms with Crippen molar-refractivity contribution in [1.82, 2.24) is 10.2 Å². The van der Waals surface area contributed by atoms with E-state index in [0.717, 1.165) is 32.4 Å². The van der Waals surface area contributed by atoms with Crippen LogP contribution in [0, 0.1) is 0 Å². The van der Waals surface area contributed by atoms with Gasteiger partial charge in [0.2, 0.25) is 5.91 Å². The van der Waals surface area contributed by atoms with E-state index in [2.05, 4.69) is 38.0 Å². The third kappa shape index (κ3) is 6.08. The van der Waals surface area contributed by atoms with E-state index in [1.54, 1.807) is 0 Å². The minimum Gasteiger partial charge on any atom is -0.368 e. The van der Waals surface area contributed by atoms with Crippen LogP contribution in [0.5, 0.6) is 0 Å². The van der Waals surface area contributed by atoms with E-state index in [9.17, 15) is 4.79 Å². The van der Waals surface area contributed by atoms with Gasteiger partial charge in [-0.2, -0.15) is 0 Å². The molecule has 0 saturated carbocycles. The number of nitrogens with zero attached hydrogens (tertiary/aromatic N) is 1. The first-order chi connectivity index (χ1) is 7.52. The van der Waals surface area contributed by atoms with Crippen LogP contribution >= 0.6 is 0 Å². The van der Waals surface area contributed by atoms with Crippen LogP contribution in [0.2, 0.25) is 0 Å². The van der Waals surface area contributed by atoms with Gasteiger partial charge < -0.3 is 16.0 Å². The molecule has 4 heteroatoms. The average molecular weight is 229 g/mol. The highest BCUT2D eigenvalue weighted by molar-refractivity contribution is 5.79. The molecule has 0 spiro atoms. The molecule has 0 aromatic heterocycles. The lowest BCUT2D eigenvalue weighted by Gasteiger charge is -2.25. The van der Waals surface area contributed by atoms with Crippen molar-refractivity contribution in [2.24, 2.45) is 5.73 Å². The van der Waals surface area contributed by atoms with E-state index >= 15 is 0 Å². The van der Waals surface area contributed by atoms with Gasteiger partial charge in [-0.1, -0.05) is 13.8 Å². The number of hydrogen-bond acceptors (Lipinski definition) is 3. The molecule has 3 N–H and O–H groups in total. The molecule has 0 rings (SSSR count). The predicted octanol–water partition coefficient (Wildman–Crippen LogP) is 0.960. The average Bonchev–Trinajstić information content (AvgIpc) is 2.27. The predicted molar refractivity (Wildman–Crippen MR) is 68.3 cm³/mol. The number of carbonyl (C=O) groups excluding carboxylic acids is 1. The molecule has 0 aliphatic carbocycles. The molecule has 0 fully saturated rings. The van der Waals surface area contributed by atoms with Crippen LogP contribution in [0.4, 0.5) is 0 Å². The van der Waals surface area contributed by atoms with Gasteiger partial charge in [0.05, 0.1) is 6.04 Å². The number of hydrogen-bond donors (Lipinski definition) is 2. The van der Waals surface area contributed by atoms with Crippen LogP contribution in [0.25, 0.3) is 0 Å². The first-order valence-electron chi connectivity index (χ1n) is 6.25. The molecular formula is C12H27N3O. The molecule has 0 radical (unpaired) electrons. The maximum Gasteiger partial charge on any atom is 0.234 e. The fraction of sp³-hybridized carbons (Fsp3) is 0.917. The fourth-order valence-corrected chi connectivity index (χ4v) is 1.53. The number of primary amides is 1. The Labute approximate surface area is 99.6 Å². The maximum absolute atomic E-state index is 11.2. The van der Waals surface area contributed by atoms with Gasteiger partial charge in [-0.15, -0.1) is 0 Å². The third-order valence-electron chi connectivity index (χ3n) is 3.10. The summed E-state index contributed by atoms with van der Waals surface area (Å²) < 4.78 is 0. The van der Waals surface area contributed by atoms with Gasteiger partial charge >= 0.3 is 0 Å². The fourth-order valence-electron chi connectivity index (χ4n) is 1.53. The highest BCUT2D eigenvalue weighted by Crippen LogP contribution is 2.02. The lowest BCUT2D eigenvalue weighted by molar-refractivity contribution is -0.120. The second kappa shape index (κ2) is 8.53. The normalized spacial score (nSPS) is 15.1. The summed E-state index contributed by atoms with van der Waals surface area (Å²) in [4.78, 5) is 13.5. The van der Waals surface area contributed by atoms with Crippen LogP contribution in [-0.2, 0) is 4.79 Å². The monoisotopic (exact) mass is 229 g/mol. The highest BCUT2D eigenvalue weighted by Gasteiger charge is 2.15. The van der Waals surface area contributed by atoms with Crippen LogP contribution in [-0.4, -0.2) is 43.0 Å². The Morgan fingerprint density at radius 1 is 1.44 bits per heavy atom. The molecule has 0 aliphatic heterocycles. The minimum absolute atomic E-state index is 0.188. The molecule has 2 atom stereocenters. The smallest absolute Gasteiger partial charge is 0.234 e. The zero-order chi connectivity index (χ0) is 12.6. The number of amides is 1. The molecular weight excluding hydrogens is 202 g/mol. The molecule has 0 aliphatic rings. The Balaban J connectivity index is 3.96. The van der Waals surface area contributed by atoms with E-state index in [4.69, 9.17) is 5.73 Å². The highest BCUT2D eigenvalue weighted by atomic mass is 16.1.